The van der Waals surface area contributed by atoms with Gasteiger partial charge < -0.3 is 4.74 Å². The number of methoxy groups -OCH3 is 1. The minimum absolute atomic E-state index is 0.257. The minimum Gasteiger partial charge on any atom is -0.469 e. The number of halogens is 13. The lowest BCUT2D eigenvalue weighted by atomic mass is 9.91. The van der Waals surface area contributed by atoms with E-state index in [9.17, 15) is 61.9 Å². The van der Waals surface area contributed by atoms with E-state index in [1.807, 2.05) is 0 Å². The van der Waals surface area contributed by atoms with Gasteiger partial charge in [-0.05, 0) is 12.8 Å². The third kappa shape index (κ3) is 4.58. The summed E-state index contributed by atoms with van der Waals surface area (Å²) in [6.45, 7) is 0. The lowest BCUT2D eigenvalue weighted by molar-refractivity contribution is -0.440. The van der Waals surface area contributed by atoms with Crippen LogP contribution >= 0.6 is 0 Å². The van der Waals surface area contributed by atoms with Crippen molar-refractivity contribution in [1.82, 2.24) is 0 Å². The molecule has 0 aliphatic heterocycles. The molecule has 0 spiro atoms. The van der Waals surface area contributed by atoms with Crippen LogP contribution in [0, 0.1) is 0 Å². The number of hydrogen-bond acceptors (Lipinski definition) is 2. The smallest absolute Gasteiger partial charge is 0.460 e. The first-order valence-electron chi connectivity index (χ1n) is 7.23. The summed E-state index contributed by atoms with van der Waals surface area (Å²) in [6, 6.07) is 0. The van der Waals surface area contributed by atoms with Crippen LogP contribution in [0.1, 0.15) is 32.1 Å². The lowest BCUT2D eigenvalue weighted by Crippen LogP contribution is -2.70. The molecule has 2 nitrogen and oxygen atoms in total. The largest absolute Gasteiger partial charge is 0.469 e. The van der Waals surface area contributed by atoms with Gasteiger partial charge in [-0.3, -0.25) is 4.79 Å². The first-order valence-corrected chi connectivity index (χ1v) is 7.23. The quantitative estimate of drug-likeness (QED) is 0.238. The summed E-state index contributed by atoms with van der Waals surface area (Å²) in [4.78, 5) is 10.7. The van der Waals surface area contributed by atoms with Crippen LogP contribution in [-0.2, 0) is 9.53 Å². The Labute approximate surface area is 149 Å². The van der Waals surface area contributed by atoms with Crippen LogP contribution in [0.4, 0.5) is 57.1 Å². The average molecular weight is 448 g/mol. The molecule has 0 aromatic rings. The Hall–Kier alpha value is -1.44. The van der Waals surface area contributed by atoms with Crippen molar-refractivity contribution < 1.29 is 66.6 Å². The van der Waals surface area contributed by atoms with Crippen LogP contribution < -0.4 is 0 Å². The summed E-state index contributed by atoms with van der Waals surface area (Å²) in [7, 11) is 0.954. The Balaban J connectivity index is 5.48. The number of ether oxygens (including phenoxy) is 1. The molecule has 0 heterocycles. The minimum atomic E-state index is -7.88. The molecule has 0 unspecified atom stereocenters. The molecule has 0 rings (SSSR count). The summed E-state index contributed by atoms with van der Waals surface area (Å²) < 4.78 is 171. The van der Waals surface area contributed by atoms with Gasteiger partial charge in [0, 0.05) is 12.8 Å². The van der Waals surface area contributed by atoms with Gasteiger partial charge >= 0.3 is 41.8 Å². The fraction of sp³-hybridized carbons (Fsp3) is 0.923. The van der Waals surface area contributed by atoms with E-state index >= 15 is 0 Å². The fourth-order valence-electron chi connectivity index (χ4n) is 1.85. The van der Waals surface area contributed by atoms with Crippen LogP contribution in [0.5, 0.6) is 0 Å². The Morgan fingerprint density at radius 1 is 0.643 bits per heavy atom. The highest BCUT2D eigenvalue weighted by atomic mass is 19.4. The number of alkyl halides is 13. The van der Waals surface area contributed by atoms with Gasteiger partial charge in [0.2, 0.25) is 0 Å². The molecular formula is C13H13F13O2. The Bertz CT molecular complexity index is 539. The van der Waals surface area contributed by atoms with Gasteiger partial charge in [-0.1, -0.05) is 6.42 Å². The standard InChI is InChI=1S/C13H13F13O2/c1-28-7(27)5-3-2-4-6-8(14,15)9(16,17)10(18,19)11(20,21)12(22,23)13(24,25)26/h2-6H2,1H3. The van der Waals surface area contributed by atoms with E-state index in [4.69, 9.17) is 0 Å². The Kier molecular flexibility index (Phi) is 7.71. The third-order valence-electron chi connectivity index (χ3n) is 3.60. The molecular weight excluding hydrogens is 435 g/mol. The number of carbonyl (C=O) groups excluding carboxylic acids is 1. The van der Waals surface area contributed by atoms with Gasteiger partial charge in [0.25, 0.3) is 0 Å². The van der Waals surface area contributed by atoms with E-state index < -0.39 is 61.0 Å². The van der Waals surface area contributed by atoms with Gasteiger partial charge in [-0.2, -0.15) is 57.1 Å². The highest BCUT2D eigenvalue weighted by molar-refractivity contribution is 5.68. The SMILES string of the molecule is COC(=O)CCCCCC(F)(F)C(F)(F)C(F)(F)C(F)(F)C(F)(F)C(F)(F)F. The molecule has 0 aromatic heterocycles. The van der Waals surface area contributed by atoms with Gasteiger partial charge in [0.05, 0.1) is 7.11 Å². The number of unbranched alkanes of at least 4 members (excludes halogenated alkanes) is 2. The molecule has 0 atom stereocenters. The summed E-state index contributed by atoms with van der Waals surface area (Å²) >= 11 is 0. The van der Waals surface area contributed by atoms with Crippen molar-refractivity contribution in [2.45, 2.75) is 67.9 Å². The van der Waals surface area contributed by atoms with E-state index in [1.54, 1.807) is 0 Å². The topological polar surface area (TPSA) is 26.3 Å². The molecule has 0 saturated carbocycles. The molecule has 0 aliphatic carbocycles. The van der Waals surface area contributed by atoms with Crippen LogP contribution in [-0.4, -0.2) is 48.9 Å². The number of rotatable bonds is 10. The zero-order valence-electron chi connectivity index (χ0n) is 13.8. The number of carbonyl (C=O) groups is 1. The maximum absolute atomic E-state index is 13.4. The molecule has 15 heteroatoms. The Morgan fingerprint density at radius 2 is 1.07 bits per heavy atom. The number of esters is 1. The number of hydrogen-bond donors (Lipinski definition) is 0. The molecule has 0 aromatic carbocycles. The van der Waals surface area contributed by atoms with E-state index in [0.29, 0.717) is 0 Å². The third-order valence-corrected chi connectivity index (χ3v) is 3.60. The van der Waals surface area contributed by atoms with Crippen molar-refractivity contribution in [3.05, 3.63) is 0 Å². The predicted octanol–water partition coefficient (Wildman–Crippen LogP) is 5.85. The molecule has 0 aliphatic rings. The van der Waals surface area contributed by atoms with Crippen molar-refractivity contribution >= 4 is 5.97 Å². The van der Waals surface area contributed by atoms with Crippen LogP contribution in [0.3, 0.4) is 0 Å². The summed E-state index contributed by atoms with van der Waals surface area (Å²) in [6.07, 6.45) is -11.8. The first kappa shape index (κ1) is 26.6. The van der Waals surface area contributed by atoms with Crippen molar-refractivity contribution in [2.24, 2.45) is 0 Å². The van der Waals surface area contributed by atoms with Gasteiger partial charge in [0.15, 0.2) is 0 Å². The predicted molar refractivity (Wildman–Crippen MR) is 65.9 cm³/mol. The summed E-state index contributed by atoms with van der Waals surface area (Å²) in [5.74, 6) is -37.5. The monoisotopic (exact) mass is 448 g/mol. The van der Waals surface area contributed by atoms with Crippen molar-refractivity contribution in [2.75, 3.05) is 7.11 Å². The molecule has 0 amide bonds. The normalized spacial score (nSPS) is 14.9. The molecule has 168 valence electrons. The molecule has 0 N–H and O–H groups in total. The van der Waals surface area contributed by atoms with Crippen LogP contribution in [0.2, 0.25) is 0 Å². The van der Waals surface area contributed by atoms with Crippen LogP contribution in [0.25, 0.3) is 0 Å². The highest BCUT2D eigenvalue weighted by Crippen LogP contribution is 2.60. The fourth-order valence-corrected chi connectivity index (χ4v) is 1.85. The maximum atomic E-state index is 13.4. The second-order valence-electron chi connectivity index (χ2n) is 5.64. The van der Waals surface area contributed by atoms with Crippen LogP contribution in [0.15, 0.2) is 0 Å². The zero-order valence-corrected chi connectivity index (χ0v) is 13.8. The van der Waals surface area contributed by atoms with E-state index in [2.05, 4.69) is 4.74 Å². The first-order chi connectivity index (χ1) is 12.2. The van der Waals surface area contributed by atoms with Crippen molar-refractivity contribution in [3.8, 4) is 0 Å². The molecule has 0 radical (unpaired) electrons. The van der Waals surface area contributed by atoms with Gasteiger partial charge in [0.1, 0.15) is 0 Å². The van der Waals surface area contributed by atoms with E-state index in [0.717, 1.165) is 7.11 Å². The molecule has 0 fully saturated rings. The summed E-state index contributed by atoms with van der Waals surface area (Å²) in [5.41, 5.74) is 0. The second kappa shape index (κ2) is 8.13. The Morgan fingerprint density at radius 3 is 1.46 bits per heavy atom. The lowest BCUT2D eigenvalue weighted by Gasteiger charge is -2.39. The zero-order chi connectivity index (χ0) is 22.8. The molecule has 28 heavy (non-hydrogen) atoms. The maximum Gasteiger partial charge on any atom is 0.460 e. The molecule has 0 saturated heterocycles. The average Bonchev–Trinajstić information content (AvgIpc) is 2.52. The van der Waals surface area contributed by atoms with Crippen molar-refractivity contribution in [1.29, 1.82) is 0 Å². The summed E-state index contributed by atoms with van der Waals surface area (Å²) in [5, 5.41) is 0. The van der Waals surface area contributed by atoms with Crippen molar-refractivity contribution in [3.63, 3.8) is 0 Å². The van der Waals surface area contributed by atoms with E-state index in [-0.39, 0.29) is 12.8 Å². The highest BCUT2D eigenvalue weighted by Gasteiger charge is 2.90. The molecule has 0 bridgehead atoms. The van der Waals surface area contributed by atoms with Gasteiger partial charge in [-0.15, -0.1) is 0 Å². The van der Waals surface area contributed by atoms with Gasteiger partial charge in [-0.25, -0.2) is 0 Å². The van der Waals surface area contributed by atoms with E-state index in [1.165, 1.54) is 0 Å². The second-order valence-corrected chi connectivity index (χ2v) is 5.64.